The number of aliphatic hydroxyl groups excluding tert-OH is 1. The lowest BCUT2D eigenvalue weighted by Crippen LogP contribution is -2.52. The number of nitrogens with zero attached hydrogens (tertiary/aromatic N) is 3. The molecule has 1 saturated heterocycles. The number of carbonyl (C=O) groups excluding carboxylic acids is 1. The summed E-state index contributed by atoms with van der Waals surface area (Å²) in [5.41, 5.74) is 0.835. The summed E-state index contributed by atoms with van der Waals surface area (Å²) in [4.78, 5) is 21.7. The van der Waals surface area contributed by atoms with Gasteiger partial charge in [0.2, 0.25) is 0 Å². The zero-order valence-corrected chi connectivity index (χ0v) is 13.2. The fourth-order valence-electron chi connectivity index (χ4n) is 2.67. The van der Waals surface area contributed by atoms with Crippen LogP contribution >= 0.6 is 11.3 Å². The summed E-state index contributed by atoms with van der Waals surface area (Å²) in [6.07, 6.45) is 0.942. The monoisotopic (exact) mass is 297 g/mol. The standard InChI is InChI=1S/C14H23N3O2S/c1-4-12(9-18)16-5-7-17(8-6-16)14(19)13-10(2)15-11(3)20-13/h12,18H,4-9H2,1-3H3. The first-order valence-electron chi connectivity index (χ1n) is 7.15. The molecule has 1 aromatic heterocycles. The first-order valence-corrected chi connectivity index (χ1v) is 7.96. The van der Waals surface area contributed by atoms with E-state index in [4.69, 9.17) is 0 Å². The molecule has 1 unspecified atom stereocenters. The summed E-state index contributed by atoms with van der Waals surface area (Å²) >= 11 is 1.48. The zero-order valence-electron chi connectivity index (χ0n) is 12.4. The SMILES string of the molecule is CCC(CO)N1CCN(C(=O)c2sc(C)nc2C)CC1. The van der Waals surface area contributed by atoms with Crippen molar-refractivity contribution < 1.29 is 9.90 Å². The van der Waals surface area contributed by atoms with E-state index in [2.05, 4.69) is 16.8 Å². The topological polar surface area (TPSA) is 56.7 Å². The minimum absolute atomic E-state index is 0.102. The van der Waals surface area contributed by atoms with Crippen molar-refractivity contribution >= 4 is 17.2 Å². The van der Waals surface area contributed by atoms with E-state index in [1.54, 1.807) is 0 Å². The van der Waals surface area contributed by atoms with Crippen molar-refractivity contribution in [2.45, 2.75) is 33.2 Å². The van der Waals surface area contributed by atoms with Gasteiger partial charge in [-0.25, -0.2) is 4.98 Å². The third kappa shape index (κ3) is 3.19. The number of thiazole rings is 1. The quantitative estimate of drug-likeness (QED) is 0.910. The van der Waals surface area contributed by atoms with Gasteiger partial charge in [0.15, 0.2) is 0 Å². The van der Waals surface area contributed by atoms with Crippen LogP contribution in [0.4, 0.5) is 0 Å². The number of hydrogen-bond donors (Lipinski definition) is 1. The molecule has 6 heteroatoms. The summed E-state index contributed by atoms with van der Waals surface area (Å²) in [5, 5.41) is 10.3. The van der Waals surface area contributed by atoms with Crippen molar-refractivity contribution in [1.82, 2.24) is 14.8 Å². The Labute approximate surface area is 124 Å². The van der Waals surface area contributed by atoms with E-state index in [0.717, 1.165) is 48.2 Å². The highest BCUT2D eigenvalue weighted by Gasteiger charge is 2.27. The van der Waals surface area contributed by atoms with Gasteiger partial charge < -0.3 is 10.0 Å². The predicted octanol–water partition coefficient (Wildman–Crippen LogP) is 1.29. The molecule has 5 nitrogen and oxygen atoms in total. The number of carbonyl (C=O) groups is 1. The van der Waals surface area contributed by atoms with Gasteiger partial charge in [-0.1, -0.05) is 6.92 Å². The Balaban J connectivity index is 1.97. The average molecular weight is 297 g/mol. The predicted molar refractivity (Wildman–Crippen MR) is 80.2 cm³/mol. The first-order chi connectivity index (χ1) is 9.56. The smallest absolute Gasteiger partial charge is 0.265 e. The summed E-state index contributed by atoms with van der Waals surface area (Å²) in [5.74, 6) is 0.102. The van der Waals surface area contributed by atoms with Crippen LogP contribution in [0.5, 0.6) is 0 Å². The van der Waals surface area contributed by atoms with Gasteiger partial charge in [-0.05, 0) is 20.3 Å². The molecule has 1 amide bonds. The van der Waals surface area contributed by atoms with Gasteiger partial charge in [0.1, 0.15) is 4.88 Å². The van der Waals surface area contributed by atoms with Crippen LogP contribution in [-0.2, 0) is 0 Å². The molecule has 112 valence electrons. The van der Waals surface area contributed by atoms with Crippen LogP contribution in [0.15, 0.2) is 0 Å². The van der Waals surface area contributed by atoms with Crippen molar-refractivity contribution in [3.8, 4) is 0 Å². The van der Waals surface area contributed by atoms with Gasteiger partial charge >= 0.3 is 0 Å². The molecule has 1 fully saturated rings. The Morgan fingerprint density at radius 3 is 2.45 bits per heavy atom. The molecule has 0 bridgehead atoms. The van der Waals surface area contributed by atoms with Gasteiger partial charge in [-0.15, -0.1) is 11.3 Å². The van der Waals surface area contributed by atoms with Crippen LogP contribution < -0.4 is 0 Å². The minimum atomic E-state index is 0.102. The third-order valence-corrected chi connectivity index (χ3v) is 4.96. The maximum Gasteiger partial charge on any atom is 0.265 e. The number of amides is 1. The number of piperazine rings is 1. The van der Waals surface area contributed by atoms with E-state index in [-0.39, 0.29) is 18.6 Å². The van der Waals surface area contributed by atoms with Crippen LogP contribution in [0.2, 0.25) is 0 Å². The Morgan fingerprint density at radius 2 is 2.00 bits per heavy atom. The number of aliphatic hydroxyl groups is 1. The van der Waals surface area contributed by atoms with Crippen LogP contribution in [0, 0.1) is 13.8 Å². The molecule has 1 aliphatic heterocycles. The molecular formula is C14H23N3O2S. The van der Waals surface area contributed by atoms with Gasteiger partial charge in [0.05, 0.1) is 17.3 Å². The Hall–Kier alpha value is -0.980. The molecule has 1 aromatic rings. The fourth-order valence-corrected chi connectivity index (χ4v) is 3.55. The summed E-state index contributed by atoms with van der Waals surface area (Å²) in [6.45, 7) is 9.23. The van der Waals surface area contributed by atoms with Crippen molar-refractivity contribution in [3.05, 3.63) is 15.6 Å². The van der Waals surface area contributed by atoms with E-state index in [9.17, 15) is 9.90 Å². The lowest BCUT2D eigenvalue weighted by molar-refractivity contribution is 0.0475. The number of aryl methyl sites for hydroxylation is 2. The van der Waals surface area contributed by atoms with Crippen LogP contribution in [-0.4, -0.2) is 64.6 Å². The highest BCUT2D eigenvalue weighted by Crippen LogP contribution is 2.20. The van der Waals surface area contributed by atoms with Gasteiger partial charge in [-0.2, -0.15) is 0 Å². The van der Waals surface area contributed by atoms with Crippen LogP contribution in [0.3, 0.4) is 0 Å². The molecule has 0 saturated carbocycles. The Kier molecular flexibility index (Phi) is 5.12. The maximum absolute atomic E-state index is 12.5. The highest BCUT2D eigenvalue weighted by atomic mass is 32.1. The Bertz CT molecular complexity index is 463. The number of rotatable bonds is 4. The summed E-state index contributed by atoms with van der Waals surface area (Å²) in [7, 11) is 0. The number of aromatic nitrogens is 1. The van der Waals surface area contributed by atoms with Crippen LogP contribution in [0.1, 0.15) is 33.7 Å². The molecule has 0 spiro atoms. The van der Waals surface area contributed by atoms with E-state index >= 15 is 0 Å². The third-order valence-electron chi connectivity index (χ3n) is 3.90. The fraction of sp³-hybridized carbons (Fsp3) is 0.714. The maximum atomic E-state index is 12.5. The number of hydrogen-bond acceptors (Lipinski definition) is 5. The normalized spacial score (nSPS) is 18.3. The van der Waals surface area contributed by atoms with E-state index in [1.165, 1.54) is 11.3 Å². The zero-order chi connectivity index (χ0) is 14.7. The van der Waals surface area contributed by atoms with Crippen molar-refractivity contribution in [2.75, 3.05) is 32.8 Å². The second-order valence-electron chi connectivity index (χ2n) is 5.22. The molecule has 0 aromatic carbocycles. The van der Waals surface area contributed by atoms with E-state index < -0.39 is 0 Å². The van der Waals surface area contributed by atoms with E-state index in [1.807, 2.05) is 18.7 Å². The summed E-state index contributed by atoms with van der Waals surface area (Å²) < 4.78 is 0. The summed E-state index contributed by atoms with van der Waals surface area (Å²) in [6, 6.07) is 0.222. The molecule has 2 heterocycles. The lowest BCUT2D eigenvalue weighted by Gasteiger charge is -2.38. The van der Waals surface area contributed by atoms with Crippen LogP contribution in [0.25, 0.3) is 0 Å². The lowest BCUT2D eigenvalue weighted by atomic mass is 10.1. The molecule has 1 aliphatic rings. The molecule has 0 radical (unpaired) electrons. The molecule has 1 atom stereocenters. The van der Waals surface area contributed by atoms with Crippen molar-refractivity contribution in [3.63, 3.8) is 0 Å². The molecular weight excluding hydrogens is 274 g/mol. The molecule has 1 N–H and O–H groups in total. The highest BCUT2D eigenvalue weighted by molar-refractivity contribution is 7.13. The second-order valence-corrected chi connectivity index (χ2v) is 6.42. The van der Waals surface area contributed by atoms with Gasteiger partial charge in [0.25, 0.3) is 5.91 Å². The molecule has 2 rings (SSSR count). The van der Waals surface area contributed by atoms with Gasteiger partial charge in [-0.3, -0.25) is 9.69 Å². The van der Waals surface area contributed by atoms with Gasteiger partial charge in [0, 0.05) is 32.2 Å². The molecule has 20 heavy (non-hydrogen) atoms. The molecule has 0 aliphatic carbocycles. The average Bonchev–Trinajstić information content (AvgIpc) is 2.79. The van der Waals surface area contributed by atoms with E-state index in [0.29, 0.717) is 0 Å². The minimum Gasteiger partial charge on any atom is -0.395 e. The van der Waals surface area contributed by atoms with Crippen molar-refractivity contribution in [2.24, 2.45) is 0 Å². The van der Waals surface area contributed by atoms with Crippen molar-refractivity contribution in [1.29, 1.82) is 0 Å². The Morgan fingerprint density at radius 1 is 1.35 bits per heavy atom. The largest absolute Gasteiger partial charge is 0.395 e. The first kappa shape index (κ1) is 15.4. The second kappa shape index (κ2) is 6.65.